The molecule has 2 aromatic rings. The Labute approximate surface area is 156 Å². The van der Waals surface area contributed by atoms with Crippen LogP contribution in [0.4, 0.5) is 5.69 Å². The first-order valence-electron chi connectivity index (χ1n) is 6.88. The number of phenols is 1. The number of nitrogens with one attached hydrogen (secondary N) is 1. The molecule has 0 bridgehead atoms. The molecule has 8 nitrogen and oxygen atoms in total. The molecular formula is C16H11IN4O4. The minimum absolute atomic E-state index is 0.277. The van der Waals surface area contributed by atoms with Gasteiger partial charge in [-0.05, 0) is 34.2 Å². The van der Waals surface area contributed by atoms with Crippen molar-refractivity contribution in [3.63, 3.8) is 0 Å². The molecule has 0 aromatic heterocycles. The Morgan fingerprint density at radius 3 is 2.68 bits per heavy atom. The topological polar surface area (TPSA) is 129 Å². The van der Waals surface area contributed by atoms with Crippen molar-refractivity contribution in [2.45, 2.75) is 5.92 Å². The van der Waals surface area contributed by atoms with E-state index in [4.69, 9.17) is 5.26 Å². The van der Waals surface area contributed by atoms with Gasteiger partial charge in [-0.2, -0.15) is 10.4 Å². The molecule has 0 aliphatic rings. The van der Waals surface area contributed by atoms with Gasteiger partial charge in [-0.15, -0.1) is 0 Å². The normalized spacial score (nSPS) is 11.7. The third-order valence-corrected chi connectivity index (χ3v) is 4.00. The molecule has 126 valence electrons. The molecule has 1 amide bonds. The number of benzene rings is 2. The third-order valence-electron chi connectivity index (χ3n) is 3.17. The van der Waals surface area contributed by atoms with Gasteiger partial charge in [-0.1, -0.05) is 30.3 Å². The minimum atomic E-state index is -1.02. The molecule has 2 N–H and O–H groups in total. The highest BCUT2D eigenvalue weighted by molar-refractivity contribution is 14.1. The van der Waals surface area contributed by atoms with Crippen molar-refractivity contribution < 1.29 is 14.8 Å². The van der Waals surface area contributed by atoms with E-state index in [1.165, 1.54) is 12.3 Å². The van der Waals surface area contributed by atoms with E-state index >= 15 is 0 Å². The van der Waals surface area contributed by atoms with Crippen molar-refractivity contribution in [3.8, 4) is 11.8 Å². The van der Waals surface area contributed by atoms with E-state index in [0.29, 0.717) is 11.1 Å². The Hall–Kier alpha value is -3.00. The highest BCUT2D eigenvalue weighted by Crippen LogP contribution is 2.31. The van der Waals surface area contributed by atoms with Crippen LogP contribution in [-0.4, -0.2) is 22.2 Å². The van der Waals surface area contributed by atoms with Gasteiger partial charge in [-0.25, -0.2) is 5.43 Å². The number of nitro groups is 1. The average molecular weight is 450 g/mol. The monoisotopic (exact) mass is 450 g/mol. The Morgan fingerprint density at radius 2 is 2.08 bits per heavy atom. The van der Waals surface area contributed by atoms with Crippen LogP contribution in [0.25, 0.3) is 0 Å². The largest absolute Gasteiger partial charge is 0.501 e. The predicted molar refractivity (Wildman–Crippen MR) is 98.0 cm³/mol. The van der Waals surface area contributed by atoms with E-state index in [0.717, 1.165) is 6.07 Å². The average Bonchev–Trinajstić information content (AvgIpc) is 2.59. The highest BCUT2D eigenvalue weighted by atomic mass is 127. The standard InChI is InChI=1S/C16H11IN4O4/c17-13-6-10(7-14(15(13)22)21(24)25)9-19-20-16(23)12(8-18)11-4-2-1-3-5-11/h1-7,9,12,22H,(H,20,23)/b19-9-/t12-/m0/s1. The van der Waals surface area contributed by atoms with Crippen LogP contribution in [0.3, 0.4) is 0 Å². The molecule has 0 saturated heterocycles. The molecule has 2 aromatic carbocycles. The van der Waals surface area contributed by atoms with Crippen LogP contribution < -0.4 is 5.43 Å². The molecule has 9 heteroatoms. The molecule has 0 aliphatic carbocycles. The molecule has 0 heterocycles. The van der Waals surface area contributed by atoms with Crippen LogP contribution in [0.5, 0.6) is 5.75 Å². The highest BCUT2D eigenvalue weighted by Gasteiger charge is 2.20. The van der Waals surface area contributed by atoms with E-state index in [-0.39, 0.29) is 3.57 Å². The van der Waals surface area contributed by atoms with Gasteiger partial charge < -0.3 is 5.11 Å². The number of hydrogen-bond acceptors (Lipinski definition) is 6. The second kappa shape index (κ2) is 8.20. The number of nitriles is 1. The zero-order chi connectivity index (χ0) is 18.4. The minimum Gasteiger partial charge on any atom is -0.501 e. The number of hydrogen-bond donors (Lipinski definition) is 2. The van der Waals surface area contributed by atoms with E-state index in [1.807, 2.05) is 6.07 Å². The number of aromatic hydroxyl groups is 1. The molecule has 25 heavy (non-hydrogen) atoms. The van der Waals surface area contributed by atoms with Gasteiger partial charge in [-0.3, -0.25) is 14.9 Å². The van der Waals surface area contributed by atoms with E-state index < -0.39 is 28.2 Å². The summed E-state index contributed by atoms with van der Waals surface area (Å²) in [5.41, 5.74) is 2.63. The molecule has 0 spiro atoms. The Bertz CT molecular complexity index is 878. The zero-order valence-corrected chi connectivity index (χ0v) is 14.7. The van der Waals surface area contributed by atoms with E-state index in [1.54, 1.807) is 52.9 Å². The third kappa shape index (κ3) is 4.51. The maximum Gasteiger partial charge on any atom is 0.312 e. The number of nitrogens with zero attached hydrogens (tertiary/aromatic N) is 3. The number of rotatable bonds is 5. The summed E-state index contributed by atoms with van der Waals surface area (Å²) < 4.78 is 0.277. The molecule has 0 aliphatic heterocycles. The number of halogens is 1. The van der Waals surface area contributed by atoms with Crippen LogP contribution in [0.1, 0.15) is 17.0 Å². The zero-order valence-electron chi connectivity index (χ0n) is 12.6. The number of amides is 1. The first-order valence-corrected chi connectivity index (χ1v) is 7.96. The lowest BCUT2D eigenvalue weighted by Crippen LogP contribution is -2.24. The van der Waals surface area contributed by atoms with Crippen molar-refractivity contribution in [2.75, 3.05) is 0 Å². The van der Waals surface area contributed by atoms with Crippen LogP contribution in [0.2, 0.25) is 0 Å². The predicted octanol–water partition coefficient (Wildman–Crippen LogP) is 2.66. The molecule has 0 saturated carbocycles. The number of hydrazone groups is 1. The van der Waals surface area contributed by atoms with Crippen LogP contribution in [0.15, 0.2) is 47.6 Å². The van der Waals surface area contributed by atoms with Crippen molar-refractivity contribution in [3.05, 3.63) is 67.3 Å². The molecular weight excluding hydrogens is 439 g/mol. The van der Waals surface area contributed by atoms with Gasteiger partial charge in [0.25, 0.3) is 5.91 Å². The van der Waals surface area contributed by atoms with Gasteiger partial charge in [0.1, 0.15) is 0 Å². The molecule has 0 unspecified atom stereocenters. The summed E-state index contributed by atoms with van der Waals surface area (Å²) in [6.45, 7) is 0. The van der Waals surface area contributed by atoms with Crippen LogP contribution >= 0.6 is 22.6 Å². The van der Waals surface area contributed by atoms with Gasteiger partial charge in [0.05, 0.1) is 20.8 Å². The lowest BCUT2D eigenvalue weighted by atomic mass is 10.0. The van der Waals surface area contributed by atoms with Crippen molar-refractivity contribution in [1.82, 2.24) is 5.43 Å². The lowest BCUT2D eigenvalue weighted by molar-refractivity contribution is -0.386. The molecule has 0 radical (unpaired) electrons. The summed E-state index contributed by atoms with van der Waals surface area (Å²) >= 11 is 1.75. The maximum atomic E-state index is 12.1. The van der Waals surface area contributed by atoms with Gasteiger partial charge in [0, 0.05) is 11.6 Å². The SMILES string of the molecule is N#C[C@H](C(=O)N/N=C\c1cc(I)c(O)c([N+](=O)[O-])c1)c1ccccc1. The smallest absolute Gasteiger partial charge is 0.312 e. The second-order valence-corrected chi connectivity index (χ2v) is 6.00. The van der Waals surface area contributed by atoms with Crippen LogP contribution in [0, 0.1) is 25.0 Å². The van der Waals surface area contributed by atoms with E-state index in [9.17, 15) is 20.0 Å². The first kappa shape index (κ1) is 18.3. The summed E-state index contributed by atoms with van der Waals surface area (Å²) in [6, 6.07) is 13.0. The summed E-state index contributed by atoms with van der Waals surface area (Å²) in [5.74, 6) is -2.07. The number of carbonyl (C=O) groups is 1. The van der Waals surface area contributed by atoms with Crippen molar-refractivity contribution >= 4 is 40.4 Å². The van der Waals surface area contributed by atoms with Gasteiger partial charge >= 0.3 is 5.69 Å². The second-order valence-electron chi connectivity index (χ2n) is 4.83. The fourth-order valence-corrected chi connectivity index (χ4v) is 2.62. The number of phenolic OH excluding ortho intramolecular Hbond substituents is 1. The quantitative estimate of drug-likeness (QED) is 0.313. The van der Waals surface area contributed by atoms with E-state index in [2.05, 4.69) is 10.5 Å². The summed E-state index contributed by atoms with van der Waals surface area (Å²) in [6.07, 6.45) is 1.20. The summed E-state index contributed by atoms with van der Waals surface area (Å²) in [7, 11) is 0. The fraction of sp³-hybridized carbons (Fsp3) is 0.0625. The van der Waals surface area contributed by atoms with Crippen LogP contribution in [-0.2, 0) is 4.79 Å². The maximum absolute atomic E-state index is 12.1. The van der Waals surface area contributed by atoms with Gasteiger partial charge in [0.15, 0.2) is 5.92 Å². The summed E-state index contributed by atoms with van der Waals surface area (Å²) in [4.78, 5) is 22.2. The molecule has 1 atom stereocenters. The number of nitro benzene ring substituents is 1. The molecule has 0 fully saturated rings. The number of carbonyl (C=O) groups excluding carboxylic acids is 1. The lowest BCUT2D eigenvalue weighted by Gasteiger charge is -2.07. The Kier molecular flexibility index (Phi) is 6.02. The van der Waals surface area contributed by atoms with Crippen molar-refractivity contribution in [1.29, 1.82) is 5.26 Å². The Morgan fingerprint density at radius 1 is 1.40 bits per heavy atom. The Balaban J connectivity index is 2.14. The summed E-state index contributed by atoms with van der Waals surface area (Å²) in [5, 5.41) is 33.4. The van der Waals surface area contributed by atoms with Gasteiger partial charge in [0.2, 0.25) is 5.75 Å². The molecule has 2 rings (SSSR count). The van der Waals surface area contributed by atoms with Crippen molar-refractivity contribution in [2.24, 2.45) is 5.10 Å². The first-order chi connectivity index (χ1) is 11.9. The fourth-order valence-electron chi connectivity index (χ4n) is 1.98.